The Labute approximate surface area is 146 Å². The van der Waals surface area contributed by atoms with Gasteiger partial charge in [-0.15, -0.1) is 10.2 Å². The van der Waals surface area contributed by atoms with Crippen molar-refractivity contribution in [1.29, 1.82) is 0 Å². The minimum Gasteiger partial charge on any atom is -0.342 e. The molecule has 0 unspecified atom stereocenters. The van der Waals surface area contributed by atoms with Crippen molar-refractivity contribution in [2.45, 2.75) is 50.9 Å². The van der Waals surface area contributed by atoms with Crippen molar-refractivity contribution in [2.75, 3.05) is 13.1 Å². The van der Waals surface area contributed by atoms with E-state index in [0.29, 0.717) is 11.8 Å². The van der Waals surface area contributed by atoms with E-state index in [4.69, 9.17) is 5.10 Å². The Morgan fingerprint density at radius 3 is 2.68 bits per heavy atom. The van der Waals surface area contributed by atoms with Gasteiger partial charge in [0.1, 0.15) is 0 Å². The molecule has 0 bridgehead atoms. The SMILES string of the molecule is O=C(C1CC=CC1)N1CCC(c2nnc3cc4c(nn23)CCC4)CC1. The summed E-state index contributed by atoms with van der Waals surface area (Å²) in [6, 6.07) is 2.15. The van der Waals surface area contributed by atoms with Crippen LogP contribution in [0.2, 0.25) is 0 Å². The number of rotatable bonds is 2. The highest BCUT2D eigenvalue weighted by Crippen LogP contribution is 2.30. The molecule has 3 heterocycles. The summed E-state index contributed by atoms with van der Waals surface area (Å²) in [5.74, 6) is 1.81. The van der Waals surface area contributed by atoms with Gasteiger partial charge >= 0.3 is 0 Å². The molecular weight excluding hydrogens is 314 g/mol. The third-order valence-corrected chi connectivity index (χ3v) is 5.97. The topological polar surface area (TPSA) is 63.4 Å². The molecule has 1 amide bonds. The van der Waals surface area contributed by atoms with Crippen LogP contribution in [0.3, 0.4) is 0 Å². The molecule has 6 heteroatoms. The minimum atomic E-state index is 0.176. The van der Waals surface area contributed by atoms with Crippen LogP contribution in [0.25, 0.3) is 5.65 Å². The number of aryl methyl sites for hydroxylation is 2. The van der Waals surface area contributed by atoms with Gasteiger partial charge in [0.2, 0.25) is 5.91 Å². The summed E-state index contributed by atoms with van der Waals surface area (Å²) in [4.78, 5) is 14.6. The summed E-state index contributed by atoms with van der Waals surface area (Å²) in [5.41, 5.74) is 3.40. The van der Waals surface area contributed by atoms with E-state index in [9.17, 15) is 4.79 Å². The number of amides is 1. The van der Waals surface area contributed by atoms with Gasteiger partial charge in [-0.25, -0.2) is 0 Å². The number of allylic oxidation sites excluding steroid dienone is 2. The molecule has 2 aliphatic carbocycles. The van der Waals surface area contributed by atoms with Gasteiger partial charge in [-0.2, -0.15) is 9.61 Å². The largest absolute Gasteiger partial charge is 0.342 e. The zero-order chi connectivity index (χ0) is 16.8. The highest BCUT2D eigenvalue weighted by molar-refractivity contribution is 5.79. The lowest BCUT2D eigenvalue weighted by Crippen LogP contribution is -2.41. The molecule has 0 spiro atoms. The molecule has 5 rings (SSSR count). The quantitative estimate of drug-likeness (QED) is 0.789. The van der Waals surface area contributed by atoms with Crippen LogP contribution in [0, 0.1) is 5.92 Å². The molecule has 0 aromatic carbocycles. The number of hydrogen-bond acceptors (Lipinski definition) is 4. The summed E-state index contributed by atoms with van der Waals surface area (Å²) in [5, 5.41) is 13.6. The van der Waals surface area contributed by atoms with Crippen molar-refractivity contribution in [2.24, 2.45) is 5.92 Å². The number of carbonyl (C=O) groups is 1. The van der Waals surface area contributed by atoms with Crippen molar-refractivity contribution in [1.82, 2.24) is 24.7 Å². The summed E-state index contributed by atoms with van der Waals surface area (Å²) >= 11 is 0. The molecule has 0 saturated carbocycles. The lowest BCUT2D eigenvalue weighted by molar-refractivity contribution is -0.136. The Balaban J connectivity index is 1.32. The van der Waals surface area contributed by atoms with E-state index < -0.39 is 0 Å². The van der Waals surface area contributed by atoms with Gasteiger partial charge in [-0.05, 0) is 56.6 Å². The fourth-order valence-electron chi connectivity index (χ4n) is 4.48. The molecule has 3 aliphatic rings. The molecule has 130 valence electrons. The highest BCUT2D eigenvalue weighted by atomic mass is 16.2. The number of hydrogen-bond donors (Lipinski definition) is 0. The fourth-order valence-corrected chi connectivity index (χ4v) is 4.48. The fraction of sp³-hybridized carbons (Fsp3) is 0.579. The molecule has 25 heavy (non-hydrogen) atoms. The van der Waals surface area contributed by atoms with E-state index >= 15 is 0 Å². The Bertz CT molecular complexity index is 839. The third kappa shape index (κ3) is 2.55. The maximum Gasteiger partial charge on any atom is 0.226 e. The monoisotopic (exact) mass is 337 g/mol. The first kappa shape index (κ1) is 15.0. The van der Waals surface area contributed by atoms with Crippen molar-refractivity contribution in [3.63, 3.8) is 0 Å². The molecule has 1 aliphatic heterocycles. The highest BCUT2D eigenvalue weighted by Gasteiger charge is 2.31. The van der Waals surface area contributed by atoms with Gasteiger partial charge in [-0.3, -0.25) is 4.79 Å². The molecule has 1 fully saturated rings. The van der Waals surface area contributed by atoms with Crippen LogP contribution in [0.1, 0.15) is 55.1 Å². The van der Waals surface area contributed by atoms with Crippen LogP contribution in [0.5, 0.6) is 0 Å². The van der Waals surface area contributed by atoms with Gasteiger partial charge < -0.3 is 4.90 Å². The van der Waals surface area contributed by atoms with E-state index in [1.54, 1.807) is 0 Å². The number of aromatic nitrogens is 4. The van der Waals surface area contributed by atoms with Gasteiger partial charge in [0, 0.05) is 24.9 Å². The second kappa shape index (κ2) is 5.93. The van der Waals surface area contributed by atoms with Gasteiger partial charge in [-0.1, -0.05) is 12.2 Å². The Kier molecular flexibility index (Phi) is 3.57. The van der Waals surface area contributed by atoms with Crippen molar-refractivity contribution >= 4 is 11.6 Å². The third-order valence-electron chi connectivity index (χ3n) is 5.97. The van der Waals surface area contributed by atoms with E-state index in [1.807, 2.05) is 9.42 Å². The molecule has 6 nitrogen and oxygen atoms in total. The summed E-state index contributed by atoms with van der Waals surface area (Å²) in [6.07, 6.45) is 11.3. The number of carbonyl (C=O) groups excluding carboxylic acids is 1. The number of nitrogens with zero attached hydrogens (tertiary/aromatic N) is 5. The lowest BCUT2D eigenvalue weighted by atomic mass is 9.94. The maximum atomic E-state index is 12.6. The normalized spacial score (nSPS) is 21.4. The van der Waals surface area contributed by atoms with E-state index in [-0.39, 0.29) is 5.92 Å². The molecular formula is C19H23N5O. The van der Waals surface area contributed by atoms with Crippen molar-refractivity contribution in [3.8, 4) is 0 Å². The smallest absolute Gasteiger partial charge is 0.226 e. The predicted octanol–water partition coefficient (Wildman–Crippen LogP) is 2.29. The Morgan fingerprint density at radius 1 is 1.08 bits per heavy atom. The average molecular weight is 337 g/mol. The van der Waals surface area contributed by atoms with Gasteiger partial charge in [0.05, 0.1) is 5.69 Å². The Hall–Kier alpha value is -2.24. The second-order valence-corrected chi connectivity index (χ2v) is 7.54. The van der Waals surface area contributed by atoms with Crippen LogP contribution in [0.4, 0.5) is 0 Å². The first-order chi connectivity index (χ1) is 12.3. The van der Waals surface area contributed by atoms with E-state index in [2.05, 4.69) is 28.4 Å². The minimum absolute atomic E-state index is 0.176. The zero-order valence-electron chi connectivity index (χ0n) is 14.4. The van der Waals surface area contributed by atoms with Crippen LogP contribution < -0.4 is 0 Å². The van der Waals surface area contributed by atoms with Gasteiger partial charge in [0.15, 0.2) is 11.5 Å². The number of likely N-dealkylation sites (tertiary alicyclic amines) is 1. The molecule has 2 aromatic heterocycles. The first-order valence-electron chi connectivity index (χ1n) is 9.47. The molecule has 0 N–H and O–H groups in total. The molecule has 1 saturated heterocycles. The number of fused-ring (bicyclic) bond motifs is 2. The summed E-state index contributed by atoms with van der Waals surface area (Å²) in [6.45, 7) is 1.64. The summed E-state index contributed by atoms with van der Waals surface area (Å²) in [7, 11) is 0. The van der Waals surface area contributed by atoms with Gasteiger partial charge in [0.25, 0.3) is 0 Å². The van der Waals surface area contributed by atoms with Crippen LogP contribution in [-0.2, 0) is 17.6 Å². The van der Waals surface area contributed by atoms with Crippen molar-refractivity contribution in [3.05, 3.63) is 35.3 Å². The maximum absolute atomic E-state index is 12.6. The average Bonchev–Trinajstić information content (AvgIpc) is 3.39. The molecule has 0 atom stereocenters. The summed E-state index contributed by atoms with van der Waals surface area (Å²) < 4.78 is 1.95. The molecule has 0 radical (unpaired) electrons. The first-order valence-corrected chi connectivity index (χ1v) is 9.47. The van der Waals surface area contributed by atoms with Crippen LogP contribution in [0.15, 0.2) is 18.2 Å². The second-order valence-electron chi connectivity index (χ2n) is 7.54. The predicted molar refractivity (Wildman–Crippen MR) is 93.2 cm³/mol. The standard InChI is InChI=1S/C19H23N5O/c25-19(14-4-1-2-5-14)23-10-8-13(9-11-23)18-21-20-17-12-15-6-3-7-16(15)22-24(17)18/h1-2,12-14H,3-11H2. The number of piperidine rings is 1. The molecule has 2 aromatic rings. The lowest BCUT2D eigenvalue weighted by Gasteiger charge is -2.32. The van der Waals surface area contributed by atoms with Crippen LogP contribution in [-0.4, -0.2) is 43.7 Å². The van der Waals surface area contributed by atoms with Crippen LogP contribution >= 0.6 is 0 Å². The zero-order valence-corrected chi connectivity index (χ0v) is 14.4. The van der Waals surface area contributed by atoms with E-state index in [0.717, 1.165) is 63.1 Å². The Morgan fingerprint density at radius 2 is 1.88 bits per heavy atom. The van der Waals surface area contributed by atoms with E-state index in [1.165, 1.54) is 17.7 Å². The van der Waals surface area contributed by atoms with Crippen molar-refractivity contribution < 1.29 is 4.79 Å².